The molecule has 5 N–H and O–H groups in total. The molecular weight excluding hydrogens is 392 g/mol. The lowest BCUT2D eigenvalue weighted by Gasteiger charge is -2.33. The Morgan fingerprint density at radius 3 is 2.73 bits per heavy atom. The highest BCUT2D eigenvalue weighted by molar-refractivity contribution is 6.76. The molecule has 0 amide bonds. The van der Waals surface area contributed by atoms with E-state index in [1.165, 1.54) is 18.5 Å². The molecule has 1 saturated heterocycles. The van der Waals surface area contributed by atoms with Gasteiger partial charge in [-0.05, 0) is 31.0 Å². The molecule has 1 fully saturated rings. The number of anilines is 1. The van der Waals surface area contributed by atoms with E-state index in [1.54, 1.807) is 19.4 Å². The number of hydrogen-bond donors (Lipinski definition) is 4. The molecule has 0 aromatic carbocycles. The monoisotopic (exact) mass is 428 g/mol. The van der Waals surface area contributed by atoms with Gasteiger partial charge >= 0.3 is 0 Å². The number of hydrogen-bond acceptors (Lipinski definition) is 6. The van der Waals surface area contributed by atoms with Crippen molar-refractivity contribution < 1.29 is 4.74 Å². The van der Waals surface area contributed by atoms with Gasteiger partial charge in [0.25, 0.3) is 0 Å². The zero-order valence-corrected chi connectivity index (χ0v) is 19.7. The van der Waals surface area contributed by atoms with Gasteiger partial charge in [-0.25, -0.2) is 4.98 Å². The van der Waals surface area contributed by atoms with E-state index in [4.69, 9.17) is 21.3 Å². The number of pyridine rings is 1. The van der Waals surface area contributed by atoms with Gasteiger partial charge in [-0.2, -0.15) is 0 Å². The van der Waals surface area contributed by atoms with Crippen LogP contribution < -0.4 is 10.6 Å². The molecule has 164 valence electrons. The first kappa shape index (κ1) is 24.0. The summed E-state index contributed by atoms with van der Waals surface area (Å²) < 4.78 is 4.95. The van der Waals surface area contributed by atoms with Crippen LogP contribution in [-0.4, -0.2) is 63.3 Å². The average Bonchev–Trinajstić information content (AvgIpc) is 3.14. The minimum Gasteiger partial charge on any atom is -0.385 e. The summed E-state index contributed by atoms with van der Waals surface area (Å²) in [5, 5.41) is 15.9. The Labute approximate surface area is 180 Å². The zero-order valence-electron chi connectivity index (χ0n) is 18.7. The van der Waals surface area contributed by atoms with Crippen LogP contribution in [0, 0.1) is 10.8 Å². The molecule has 3 rings (SSSR count). The van der Waals surface area contributed by atoms with Gasteiger partial charge in [-0.3, -0.25) is 0 Å². The minimum absolute atomic E-state index is 0.193. The maximum Gasteiger partial charge on any atom is 0.139 e. The van der Waals surface area contributed by atoms with Crippen LogP contribution in [0.4, 0.5) is 5.69 Å². The number of aromatic nitrogens is 2. The molecule has 7 nitrogen and oxygen atoms in total. The van der Waals surface area contributed by atoms with Crippen molar-refractivity contribution >= 4 is 42.8 Å². The number of nitrogens with one attached hydrogen (secondary N) is 3. The van der Waals surface area contributed by atoms with Gasteiger partial charge < -0.3 is 31.2 Å². The highest BCUT2D eigenvalue weighted by Gasteiger charge is 2.21. The van der Waals surface area contributed by atoms with Crippen molar-refractivity contribution in [1.82, 2.24) is 9.97 Å². The van der Waals surface area contributed by atoms with Crippen LogP contribution in [-0.2, 0) is 4.74 Å². The smallest absolute Gasteiger partial charge is 0.139 e. The van der Waals surface area contributed by atoms with Crippen molar-refractivity contribution in [2.24, 2.45) is 5.73 Å². The lowest BCUT2D eigenvalue weighted by atomic mass is 10.0. The quantitative estimate of drug-likeness (QED) is 0.392. The van der Waals surface area contributed by atoms with Gasteiger partial charge in [0, 0.05) is 88.0 Å². The van der Waals surface area contributed by atoms with E-state index >= 15 is 0 Å². The lowest BCUT2D eigenvalue weighted by Crippen LogP contribution is -2.42. The molecule has 8 heteroatoms. The molecule has 0 spiro atoms. The fourth-order valence-electron chi connectivity index (χ4n) is 3.47. The van der Waals surface area contributed by atoms with Crippen LogP contribution in [0.25, 0.3) is 16.6 Å². The summed E-state index contributed by atoms with van der Waals surface area (Å²) in [7, 11) is 0.961. The third-order valence-electron chi connectivity index (χ3n) is 5.14. The van der Waals surface area contributed by atoms with E-state index in [0.29, 0.717) is 5.57 Å². The van der Waals surface area contributed by atoms with Crippen LogP contribution in [0.15, 0.2) is 24.5 Å². The molecule has 30 heavy (non-hydrogen) atoms. The Bertz CT molecular complexity index is 870. The van der Waals surface area contributed by atoms with Crippen LogP contribution in [0.5, 0.6) is 0 Å². The summed E-state index contributed by atoms with van der Waals surface area (Å²) in [4.78, 5) is 9.84. The molecule has 2 aromatic rings. The molecule has 0 bridgehead atoms. The molecule has 0 aliphatic carbocycles. The van der Waals surface area contributed by atoms with Crippen LogP contribution >= 0.6 is 0 Å². The summed E-state index contributed by atoms with van der Waals surface area (Å²) in [6, 6.07) is 3.48. The van der Waals surface area contributed by atoms with E-state index in [0.717, 1.165) is 54.8 Å². The van der Waals surface area contributed by atoms with E-state index in [2.05, 4.69) is 34.5 Å². The van der Waals surface area contributed by atoms with Gasteiger partial charge in [0.05, 0.1) is 0 Å². The first-order valence-corrected chi connectivity index (χ1v) is 14.2. The molecule has 3 heterocycles. The Morgan fingerprint density at radius 1 is 1.40 bits per heavy atom. The Kier molecular flexibility index (Phi) is 8.95. The van der Waals surface area contributed by atoms with Gasteiger partial charge in [0.15, 0.2) is 0 Å². The zero-order chi connectivity index (χ0) is 22.1. The molecular formula is C22H36N6OSi. The Balaban J connectivity index is 0.000000343. The largest absolute Gasteiger partial charge is 0.385 e. The first-order valence-electron chi connectivity index (χ1n) is 10.5. The number of nitrogens with zero attached hydrogens (tertiary/aromatic N) is 2. The van der Waals surface area contributed by atoms with Crippen molar-refractivity contribution in [3.8, 4) is 0 Å². The first-order chi connectivity index (χ1) is 14.3. The van der Waals surface area contributed by atoms with Crippen LogP contribution in [0.3, 0.4) is 0 Å². The van der Waals surface area contributed by atoms with Crippen molar-refractivity contribution in [2.45, 2.75) is 44.6 Å². The van der Waals surface area contributed by atoms with Gasteiger partial charge in [0.1, 0.15) is 5.65 Å². The standard InChI is InChI=1S/C16H20N6.C6H16OSi/c17-5-3-11(8-18)13-9-21-16-15(13)14(4-6-20-16)22-7-1-2-12(19)10-22;1-7-5-6-8(2,3)4/h3-6,8-9,12,17-18H,1-2,7,10,19H2,(H,20,21);5-6H2,1-4H3/b11-3+,17-5?,18-8?;/t12-;/m0./s1. The number of H-pyrrole nitrogens is 1. The van der Waals surface area contributed by atoms with E-state index in [-0.39, 0.29) is 6.04 Å². The summed E-state index contributed by atoms with van der Waals surface area (Å²) in [6.45, 7) is 9.81. The van der Waals surface area contributed by atoms with Gasteiger partial charge in [-0.15, -0.1) is 0 Å². The summed E-state index contributed by atoms with van der Waals surface area (Å²) >= 11 is 0. The Morgan fingerprint density at radius 2 is 2.17 bits per heavy atom. The van der Waals surface area contributed by atoms with Gasteiger partial charge in [0.2, 0.25) is 0 Å². The molecule has 0 radical (unpaired) electrons. The average molecular weight is 429 g/mol. The van der Waals surface area contributed by atoms with E-state index in [9.17, 15) is 0 Å². The second kappa shape index (κ2) is 11.2. The maximum absolute atomic E-state index is 7.60. The SMILES string of the molecule is COCC[Si](C)(C)C.N=C/C=C(\C=N)c1c[nH]c2nccc(N3CCC[C@H](N)C3)c12. The second-order valence-electron chi connectivity index (χ2n) is 8.84. The number of ether oxygens (including phenoxy) is 1. The fourth-order valence-corrected chi connectivity index (χ4v) is 4.29. The summed E-state index contributed by atoms with van der Waals surface area (Å²) in [5.41, 5.74) is 9.59. The topological polar surface area (TPSA) is 115 Å². The van der Waals surface area contributed by atoms with Crippen molar-refractivity contribution in [1.29, 1.82) is 10.8 Å². The highest BCUT2D eigenvalue weighted by Crippen LogP contribution is 2.33. The van der Waals surface area contributed by atoms with E-state index < -0.39 is 8.07 Å². The number of rotatable bonds is 7. The molecule has 2 aromatic heterocycles. The predicted octanol–water partition coefficient (Wildman–Crippen LogP) is 4.14. The van der Waals surface area contributed by atoms with Crippen molar-refractivity contribution in [3.05, 3.63) is 30.1 Å². The third-order valence-corrected chi connectivity index (χ3v) is 6.84. The number of methoxy groups -OCH3 is 1. The van der Waals surface area contributed by atoms with Crippen LogP contribution in [0.2, 0.25) is 25.7 Å². The molecule has 1 aliphatic heterocycles. The fraction of sp³-hybridized carbons (Fsp3) is 0.500. The number of piperidine rings is 1. The molecule has 1 atom stereocenters. The molecule has 1 aliphatic rings. The normalized spacial score (nSPS) is 17.4. The second-order valence-corrected chi connectivity index (χ2v) is 14.5. The summed E-state index contributed by atoms with van der Waals surface area (Å²) in [6.07, 6.45) is 9.88. The van der Waals surface area contributed by atoms with Crippen molar-refractivity contribution in [3.63, 3.8) is 0 Å². The number of allylic oxidation sites excluding steroid dienone is 2. The number of nitrogens with two attached hydrogens (primary N) is 1. The minimum atomic E-state index is -0.803. The number of aromatic amines is 1. The van der Waals surface area contributed by atoms with E-state index in [1.807, 2.05) is 12.3 Å². The van der Waals surface area contributed by atoms with Gasteiger partial charge in [-0.1, -0.05) is 19.6 Å². The number of fused-ring (bicyclic) bond motifs is 1. The van der Waals surface area contributed by atoms with Crippen molar-refractivity contribution in [2.75, 3.05) is 31.7 Å². The third kappa shape index (κ3) is 6.61. The highest BCUT2D eigenvalue weighted by atomic mass is 28.3. The maximum atomic E-state index is 7.60. The predicted molar refractivity (Wildman–Crippen MR) is 131 cm³/mol. The molecule has 0 saturated carbocycles. The Hall–Kier alpha value is -2.29. The van der Waals surface area contributed by atoms with Crippen LogP contribution in [0.1, 0.15) is 18.4 Å². The summed E-state index contributed by atoms with van der Waals surface area (Å²) in [5.74, 6) is 0. The lowest BCUT2D eigenvalue weighted by molar-refractivity contribution is 0.214. The molecule has 0 unspecified atom stereocenters.